The van der Waals surface area contributed by atoms with Crippen molar-refractivity contribution in [2.75, 3.05) is 0 Å². The van der Waals surface area contributed by atoms with E-state index in [-0.39, 0.29) is 11.4 Å². The van der Waals surface area contributed by atoms with Crippen LogP contribution in [-0.2, 0) is 10.3 Å². The Labute approximate surface area is 112 Å². The van der Waals surface area contributed by atoms with E-state index in [1.165, 1.54) is 25.2 Å². The summed E-state index contributed by atoms with van der Waals surface area (Å²) in [4.78, 5) is 23.1. The lowest BCUT2D eigenvalue weighted by molar-refractivity contribution is -0.146. The van der Waals surface area contributed by atoms with Crippen molar-refractivity contribution in [2.24, 2.45) is 0 Å². The lowest BCUT2D eigenvalue weighted by atomic mass is 10.1. The second kappa shape index (κ2) is 4.47. The molecule has 0 saturated heterocycles. The van der Waals surface area contributed by atoms with Crippen LogP contribution in [0.15, 0.2) is 17.5 Å². The fraction of sp³-hybridized carbons (Fsp3) is 0.273. The van der Waals surface area contributed by atoms with Gasteiger partial charge in [-0.15, -0.1) is 16.4 Å². The average Bonchev–Trinajstić information content (AvgIpc) is 2.97. The molecule has 0 amide bonds. The van der Waals surface area contributed by atoms with Gasteiger partial charge < -0.3 is 10.2 Å². The van der Waals surface area contributed by atoms with Crippen molar-refractivity contribution < 1.29 is 19.8 Å². The standard InChI is InChI=1S/C11H11N3O4S/c1-11(2,10(17)18)14-8(6-4-3-5-19-6)7(9(15)16)12-13-14/h3-5H,1-2H3,(H,15,16)(H,17,18). The van der Waals surface area contributed by atoms with Crippen LogP contribution in [0.5, 0.6) is 0 Å². The molecule has 0 aliphatic rings. The molecule has 0 atom stereocenters. The van der Waals surface area contributed by atoms with Crippen LogP contribution in [0.25, 0.3) is 10.6 Å². The first-order chi connectivity index (χ1) is 8.85. The third-order valence-corrected chi connectivity index (χ3v) is 3.56. The van der Waals surface area contributed by atoms with Crippen molar-refractivity contribution in [2.45, 2.75) is 19.4 Å². The number of aromatic carboxylic acids is 1. The molecule has 0 aliphatic heterocycles. The van der Waals surface area contributed by atoms with Crippen molar-refractivity contribution in [3.8, 4) is 10.6 Å². The highest BCUT2D eigenvalue weighted by molar-refractivity contribution is 7.13. The van der Waals surface area contributed by atoms with Gasteiger partial charge in [0.2, 0.25) is 0 Å². The predicted octanol–water partition coefficient (Wildman–Crippen LogP) is 1.52. The summed E-state index contributed by atoms with van der Waals surface area (Å²) in [6, 6.07) is 3.45. The number of carboxylic acids is 2. The Kier molecular flexibility index (Phi) is 3.11. The molecule has 100 valence electrons. The summed E-state index contributed by atoms with van der Waals surface area (Å²) in [7, 11) is 0. The lowest BCUT2D eigenvalue weighted by Crippen LogP contribution is -2.37. The van der Waals surface area contributed by atoms with E-state index in [0.29, 0.717) is 4.88 Å². The third kappa shape index (κ3) is 2.10. The number of hydrogen-bond donors (Lipinski definition) is 2. The normalized spacial score (nSPS) is 11.5. The molecule has 2 rings (SSSR count). The van der Waals surface area contributed by atoms with Gasteiger partial charge in [-0.1, -0.05) is 11.3 Å². The summed E-state index contributed by atoms with van der Waals surface area (Å²) in [5.41, 5.74) is -1.44. The zero-order valence-electron chi connectivity index (χ0n) is 10.2. The van der Waals surface area contributed by atoms with E-state index in [0.717, 1.165) is 4.68 Å². The zero-order chi connectivity index (χ0) is 14.2. The van der Waals surface area contributed by atoms with Gasteiger partial charge in [0, 0.05) is 0 Å². The van der Waals surface area contributed by atoms with Crippen molar-refractivity contribution in [1.82, 2.24) is 15.0 Å². The highest BCUT2D eigenvalue weighted by atomic mass is 32.1. The van der Waals surface area contributed by atoms with E-state index in [2.05, 4.69) is 10.3 Å². The van der Waals surface area contributed by atoms with Gasteiger partial charge in [0.1, 0.15) is 5.69 Å². The number of aliphatic carboxylic acids is 1. The quantitative estimate of drug-likeness (QED) is 0.880. The first-order valence-corrected chi connectivity index (χ1v) is 6.20. The van der Waals surface area contributed by atoms with Gasteiger partial charge in [0.15, 0.2) is 11.2 Å². The van der Waals surface area contributed by atoms with Crippen molar-refractivity contribution in [1.29, 1.82) is 0 Å². The number of rotatable bonds is 4. The maximum atomic E-state index is 11.3. The smallest absolute Gasteiger partial charge is 0.358 e. The summed E-state index contributed by atoms with van der Waals surface area (Å²) in [5.74, 6) is -2.36. The van der Waals surface area contributed by atoms with E-state index in [1.54, 1.807) is 17.5 Å². The highest BCUT2D eigenvalue weighted by Gasteiger charge is 2.36. The van der Waals surface area contributed by atoms with Gasteiger partial charge in [-0.05, 0) is 25.3 Å². The van der Waals surface area contributed by atoms with E-state index in [9.17, 15) is 14.7 Å². The van der Waals surface area contributed by atoms with Gasteiger partial charge in [-0.2, -0.15) is 0 Å². The predicted molar refractivity (Wildman–Crippen MR) is 67.3 cm³/mol. The molecular weight excluding hydrogens is 270 g/mol. The molecule has 19 heavy (non-hydrogen) atoms. The van der Waals surface area contributed by atoms with Crippen LogP contribution < -0.4 is 0 Å². The molecule has 0 saturated carbocycles. The van der Waals surface area contributed by atoms with E-state index < -0.39 is 17.5 Å². The summed E-state index contributed by atoms with van der Waals surface area (Å²) < 4.78 is 1.13. The van der Waals surface area contributed by atoms with Crippen LogP contribution in [0, 0.1) is 0 Å². The van der Waals surface area contributed by atoms with Gasteiger partial charge >= 0.3 is 11.9 Å². The molecule has 8 heteroatoms. The molecular formula is C11H11N3O4S. The van der Waals surface area contributed by atoms with Gasteiger partial charge in [-0.3, -0.25) is 0 Å². The summed E-state index contributed by atoms with van der Waals surface area (Å²) >= 11 is 1.30. The Morgan fingerprint density at radius 3 is 2.53 bits per heavy atom. The summed E-state index contributed by atoms with van der Waals surface area (Å²) in [6.07, 6.45) is 0. The van der Waals surface area contributed by atoms with Crippen LogP contribution in [-0.4, -0.2) is 37.1 Å². The number of aromatic nitrogens is 3. The Morgan fingerprint density at radius 1 is 1.37 bits per heavy atom. The van der Waals surface area contributed by atoms with Crippen LogP contribution in [0.3, 0.4) is 0 Å². The largest absolute Gasteiger partial charge is 0.479 e. The molecule has 0 fully saturated rings. The minimum absolute atomic E-state index is 0.204. The van der Waals surface area contributed by atoms with Gasteiger partial charge in [0.05, 0.1) is 4.88 Å². The fourth-order valence-electron chi connectivity index (χ4n) is 1.54. The van der Waals surface area contributed by atoms with Gasteiger partial charge in [0.25, 0.3) is 0 Å². The minimum atomic E-state index is -1.39. The van der Waals surface area contributed by atoms with E-state index in [1.807, 2.05) is 0 Å². The van der Waals surface area contributed by atoms with Crippen molar-refractivity contribution in [3.05, 3.63) is 23.2 Å². The maximum Gasteiger partial charge on any atom is 0.358 e. The molecule has 0 bridgehead atoms. The van der Waals surface area contributed by atoms with E-state index >= 15 is 0 Å². The van der Waals surface area contributed by atoms with Crippen molar-refractivity contribution >= 4 is 23.3 Å². The second-order valence-corrected chi connectivity index (χ2v) is 5.29. The molecule has 0 aliphatic carbocycles. The molecule has 7 nitrogen and oxygen atoms in total. The van der Waals surface area contributed by atoms with Crippen molar-refractivity contribution in [3.63, 3.8) is 0 Å². The highest BCUT2D eigenvalue weighted by Crippen LogP contribution is 2.31. The molecule has 0 aromatic carbocycles. The molecule has 0 radical (unpaired) electrons. The van der Waals surface area contributed by atoms with Crippen LogP contribution in [0.2, 0.25) is 0 Å². The molecule has 2 aromatic rings. The number of hydrogen-bond acceptors (Lipinski definition) is 5. The molecule has 2 aromatic heterocycles. The average molecular weight is 281 g/mol. The van der Waals surface area contributed by atoms with Gasteiger partial charge in [-0.25, -0.2) is 14.3 Å². The van der Waals surface area contributed by atoms with Crippen LogP contribution >= 0.6 is 11.3 Å². The van der Waals surface area contributed by atoms with Crippen LogP contribution in [0.1, 0.15) is 24.3 Å². The lowest BCUT2D eigenvalue weighted by Gasteiger charge is -2.21. The zero-order valence-corrected chi connectivity index (χ0v) is 11.0. The summed E-state index contributed by atoms with van der Waals surface area (Å²) in [6.45, 7) is 2.87. The molecule has 2 N–H and O–H groups in total. The monoisotopic (exact) mass is 281 g/mol. The Balaban J connectivity index is 2.71. The minimum Gasteiger partial charge on any atom is -0.479 e. The van der Waals surface area contributed by atoms with E-state index in [4.69, 9.17) is 5.11 Å². The topological polar surface area (TPSA) is 105 Å². The summed E-state index contributed by atoms with van der Waals surface area (Å²) in [5, 5.41) is 27.4. The first-order valence-electron chi connectivity index (χ1n) is 5.32. The second-order valence-electron chi connectivity index (χ2n) is 4.35. The van der Waals surface area contributed by atoms with Crippen LogP contribution in [0.4, 0.5) is 0 Å². The molecule has 0 unspecified atom stereocenters. The first kappa shape index (κ1) is 13.2. The molecule has 2 heterocycles. The Morgan fingerprint density at radius 2 is 2.05 bits per heavy atom. The number of carboxylic acid groups (broad SMARTS) is 2. The fourth-order valence-corrected chi connectivity index (χ4v) is 2.30. The number of thiophene rings is 1. The molecule has 0 spiro atoms. The Hall–Kier alpha value is -2.22. The maximum absolute atomic E-state index is 11.3. The number of carbonyl (C=O) groups is 2. The number of nitrogens with zero attached hydrogens (tertiary/aromatic N) is 3. The third-order valence-electron chi connectivity index (χ3n) is 2.68. The SMILES string of the molecule is CC(C)(C(=O)O)n1nnc(C(=O)O)c1-c1cccs1. The Bertz CT molecular complexity index is 630.